The molecule has 1 N–H and O–H groups in total. The van der Waals surface area contributed by atoms with Gasteiger partial charge in [-0.2, -0.15) is 0 Å². The number of carbonyl (C=O) groups is 3. The van der Waals surface area contributed by atoms with E-state index in [1.54, 1.807) is 24.3 Å². The van der Waals surface area contributed by atoms with E-state index in [2.05, 4.69) is 5.32 Å². The molecule has 0 saturated carbocycles. The van der Waals surface area contributed by atoms with Crippen LogP contribution in [0.2, 0.25) is 0 Å². The van der Waals surface area contributed by atoms with Crippen LogP contribution in [0.3, 0.4) is 0 Å². The fraction of sp³-hybridized carbons (Fsp3) is 0.286. The molecule has 0 bridgehead atoms. The van der Waals surface area contributed by atoms with Gasteiger partial charge in [0.05, 0.1) is 11.1 Å². The van der Waals surface area contributed by atoms with E-state index in [9.17, 15) is 14.4 Å². The molecule has 0 unspecified atom stereocenters. The number of rotatable bonds is 7. The zero-order valence-corrected chi connectivity index (χ0v) is 14.8. The third-order valence-corrected chi connectivity index (χ3v) is 4.54. The molecule has 0 fully saturated rings. The van der Waals surface area contributed by atoms with Crippen molar-refractivity contribution in [2.75, 3.05) is 6.54 Å². The number of unbranched alkanes of at least 4 members (excludes halogenated alkanes) is 1. The zero-order chi connectivity index (χ0) is 18.5. The van der Waals surface area contributed by atoms with Crippen molar-refractivity contribution in [3.8, 4) is 0 Å². The summed E-state index contributed by atoms with van der Waals surface area (Å²) in [5.74, 6) is -1.11. The second-order valence-electron chi connectivity index (χ2n) is 6.38. The summed E-state index contributed by atoms with van der Waals surface area (Å²) in [5.41, 5.74) is 1.62. The standard InChI is InChI=1S/C21H22N2O3/c1-2-3-13-22-19(24)18(14-15-9-5-4-6-10-15)23-20(25)16-11-7-8-12-17(16)21(23)26/h4-12,18H,2-3,13-14H2,1H3,(H,22,24)/t18-/m1/s1. The van der Waals surface area contributed by atoms with Crippen LogP contribution in [0.4, 0.5) is 0 Å². The van der Waals surface area contributed by atoms with E-state index in [-0.39, 0.29) is 5.91 Å². The van der Waals surface area contributed by atoms with Gasteiger partial charge in [-0.1, -0.05) is 55.8 Å². The molecule has 134 valence electrons. The number of imide groups is 1. The van der Waals surface area contributed by atoms with Crippen LogP contribution in [0, 0.1) is 0 Å². The molecular formula is C21H22N2O3. The average Bonchev–Trinajstić information content (AvgIpc) is 2.92. The number of nitrogens with zero attached hydrogens (tertiary/aromatic N) is 1. The average molecular weight is 350 g/mol. The molecule has 1 heterocycles. The molecule has 0 radical (unpaired) electrons. The van der Waals surface area contributed by atoms with Gasteiger partial charge in [0.15, 0.2) is 0 Å². The van der Waals surface area contributed by atoms with E-state index in [0.717, 1.165) is 23.3 Å². The summed E-state index contributed by atoms with van der Waals surface area (Å²) in [7, 11) is 0. The third-order valence-electron chi connectivity index (χ3n) is 4.54. The topological polar surface area (TPSA) is 66.5 Å². The van der Waals surface area contributed by atoms with Gasteiger partial charge in [0.1, 0.15) is 6.04 Å². The normalized spacial score (nSPS) is 14.3. The first-order valence-corrected chi connectivity index (χ1v) is 8.92. The van der Waals surface area contributed by atoms with Crippen LogP contribution < -0.4 is 5.32 Å². The van der Waals surface area contributed by atoms with E-state index in [1.807, 2.05) is 37.3 Å². The molecule has 26 heavy (non-hydrogen) atoms. The van der Waals surface area contributed by atoms with Crippen LogP contribution in [0.5, 0.6) is 0 Å². The molecule has 2 aromatic carbocycles. The highest BCUT2D eigenvalue weighted by Crippen LogP contribution is 2.26. The minimum atomic E-state index is -0.860. The quantitative estimate of drug-likeness (QED) is 0.617. The van der Waals surface area contributed by atoms with E-state index in [1.165, 1.54) is 0 Å². The Balaban J connectivity index is 1.89. The number of carbonyl (C=O) groups excluding carboxylic acids is 3. The molecule has 3 rings (SSSR count). The minimum Gasteiger partial charge on any atom is -0.354 e. The first-order valence-electron chi connectivity index (χ1n) is 8.92. The molecule has 3 amide bonds. The lowest BCUT2D eigenvalue weighted by Crippen LogP contribution is -2.50. The zero-order valence-electron chi connectivity index (χ0n) is 14.8. The molecule has 0 saturated heterocycles. The summed E-state index contributed by atoms with van der Waals surface area (Å²) in [6, 6.07) is 15.3. The molecule has 5 nitrogen and oxygen atoms in total. The summed E-state index contributed by atoms with van der Waals surface area (Å²) in [5, 5.41) is 2.86. The van der Waals surface area contributed by atoms with Crippen LogP contribution in [-0.4, -0.2) is 35.2 Å². The first-order chi connectivity index (χ1) is 12.6. The van der Waals surface area contributed by atoms with Gasteiger partial charge in [-0.25, -0.2) is 0 Å². The Kier molecular flexibility index (Phi) is 5.46. The number of hydrogen-bond donors (Lipinski definition) is 1. The van der Waals surface area contributed by atoms with Crippen molar-refractivity contribution in [1.29, 1.82) is 0 Å². The van der Waals surface area contributed by atoms with Crippen LogP contribution >= 0.6 is 0 Å². The van der Waals surface area contributed by atoms with E-state index >= 15 is 0 Å². The fourth-order valence-electron chi connectivity index (χ4n) is 3.14. The Morgan fingerprint density at radius 3 is 2.12 bits per heavy atom. The molecule has 0 spiro atoms. The van der Waals surface area contributed by atoms with Crippen LogP contribution in [-0.2, 0) is 11.2 Å². The van der Waals surface area contributed by atoms with Gasteiger partial charge in [0, 0.05) is 13.0 Å². The summed E-state index contributed by atoms with van der Waals surface area (Å²) in [4.78, 5) is 39.5. The van der Waals surface area contributed by atoms with Crippen molar-refractivity contribution < 1.29 is 14.4 Å². The molecule has 0 aromatic heterocycles. The number of amides is 3. The van der Waals surface area contributed by atoms with Gasteiger partial charge in [-0.3, -0.25) is 19.3 Å². The Bertz CT molecular complexity index is 782. The van der Waals surface area contributed by atoms with Gasteiger partial charge in [0.25, 0.3) is 11.8 Å². The highest BCUT2D eigenvalue weighted by molar-refractivity contribution is 6.22. The third kappa shape index (κ3) is 3.52. The number of hydrogen-bond acceptors (Lipinski definition) is 3. The summed E-state index contributed by atoms with van der Waals surface area (Å²) in [6.07, 6.45) is 2.10. The summed E-state index contributed by atoms with van der Waals surface area (Å²) < 4.78 is 0. The number of benzene rings is 2. The van der Waals surface area contributed by atoms with E-state index in [4.69, 9.17) is 0 Å². The molecule has 1 atom stereocenters. The molecule has 5 heteroatoms. The van der Waals surface area contributed by atoms with Gasteiger partial charge in [-0.05, 0) is 24.1 Å². The van der Waals surface area contributed by atoms with Crippen molar-refractivity contribution in [1.82, 2.24) is 10.2 Å². The minimum absolute atomic E-state index is 0.295. The lowest BCUT2D eigenvalue weighted by Gasteiger charge is -2.25. The second-order valence-corrected chi connectivity index (χ2v) is 6.38. The smallest absolute Gasteiger partial charge is 0.262 e. The molecule has 1 aliphatic heterocycles. The molecule has 2 aromatic rings. The SMILES string of the molecule is CCCCNC(=O)[C@@H](Cc1ccccc1)N1C(=O)c2ccccc2C1=O. The lowest BCUT2D eigenvalue weighted by molar-refractivity contribution is -0.125. The lowest BCUT2D eigenvalue weighted by atomic mass is 10.0. The van der Waals surface area contributed by atoms with Crippen LogP contribution in [0.25, 0.3) is 0 Å². The second kappa shape index (κ2) is 7.95. The number of fused-ring (bicyclic) bond motifs is 1. The largest absolute Gasteiger partial charge is 0.354 e. The maximum Gasteiger partial charge on any atom is 0.262 e. The maximum absolute atomic E-state index is 12.8. The first kappa shape index (κ1) is 17.9. The summed E-state index contributed by atoms with van der Waals surface area (Å²) >= 11 is 0. The fourth-order valence-corrected chi connectivity index (χ4v) is 3.14. The highest BCUT2D eigenvalue weighted by atomic mass is 16.2. The van der Waals surface area contributed by atoms with Gasteiger partial charge in [0.2, 0.25) is 5.91 Å². The molecule has 1 aliphatic rings. The Morgan fingerprint density at radius 2 is 1.54 bits per heavy atom. The Morgan fingerprint density at radius 1 is 0.962 bits per heavy atom. The maximum atomic E-state index is 12.8. The molecular weight excluding hydrogens is 328 g/mol. The van der Waals surface area contributed by atoms with Crippen molar-refractivity contribution >= 4 is 17.7 Å². The van der Waals surface area contributed by atoms with Crippen molar-refractivity contribution in [2.24, 2.45) is 0 Å². The van der Waals surface area contributed by atoms with Crippen LogP contribution in [0.1, 0.15) is 46.0 Å². The molecule has 0 aliphatic carbocycles. The van der Waals surface area contributed by atoms with Crippen molar-refractivity contribution in [2.45, 2.75) is 32.2 Å². The summed E-state index contributed by atoms with van der Waals surface area (Å²) in [6.45, 7) is 2.57. The van der Waals surface area contributed by atoms with E-state index < -0.39 is 17.9 Å². The predicted octanol–water partition coefficient (Wildman–Crippen LogP) is 2.81. The predicted molar refractivity (Wildman–Crippen MR) is 98.8 cm³/mol. The highest BCUT2D eigenvalue weighted by Gasteiger charge is 2.42. The van der Waals surface area contributed by atoms with Crippen molar-refractivity contribution in [3.05, 3.63) is 71.3 Å². The van der Waals surface area contributed by atoms with Crippen molar-refractivity contribution in [3.63, 3.8) is 0 Å². The Labute approximate surface area is 153 Å². The van der Waals surface area contributed by atoms with Gasteiger partial charge < -0.3 is 5.32 Å². The van der Waals surface area contributed by atoms with E-state index in [0.29, 0.717) is 24.1 Å². The van der Waals surface area contributed by atoms with Gasteiger partial charge in [-0.15, -0.1) is 0 Å². The number of nitrogens with one attached hydrogen (secondary N) is 1. The van der Waals surface area contributed by atoms with Crippen LogP contribution in [0.15, 0.2) is 54.6 Å². The van der Waals surface area contributed by atoms with Gasteiger partial charge >= 0.3 is 0 Å². The monoisotopic (exact) mass is 350 g/mol. The Hall–Kier alpha value is -2.95.